The second-order valence-electron chi connectivity index (χ2n) is 6.36. The highest BCUT2D eigenvalue weighted by Crippen LogP contribution is 2.31. The van der Waals surface area contributed by atoms with Crippen LogP contribution in [0.3, 0.4) is 0 Å². The Labute approximate surface area is 173 Å². The molecule has 0 aliphatic rings. The molecular formula is C21H15Cl2N2O2S. The van der Waals surface area contributed by atoms with Crippen LogP contribution in [0.4, 0.5) is 5.69 Å². The lowest BCUT2D eigenvalue weighted by Gasteiger charge is -2.11. The Morgan fingerprint density at radius 3 is 2.57 bits per heavy atom. The summed E-state index contributed by atoms with van der Waals surface area (Å²) >= 11 is 12.2. The maximum atomic E-state index is 12.6. The standard InChI is InChI=1S/C21H15Cl2N2O2S/c22-17-6-3-4-14(10-17)13-28(26,27)25-21-12-16(8-9-18(21)23)20-11-15-5-1-2-7-19(15)24-20/h1-10,12,24-25H,13H2. The minimum atomic E-state index is -3.66. The number of nitrogens with one attached hydrogen (secondary N) is 2. The maximum Gasteiger partial charge on any atom is 0.236 e. The summed E-state index contributed by atoms with van der Waals surface area (Å²) in [5.41, 5.74) is 3.40. The van der Waals surface area contributed by atoms with Crippen molar-refractivity contribution in [2.75, 3.05) is 4.72 Å². The first-order valence-corrected chi connectivity index (χ1v) is 10.9. The van der Waals surface area contributed by atoms with Crippen LogP contribution in [-0.4, -0.2) is 13.4 Å². The number of para-hydroxylation sites is 1. The van der Waals surface area contributed by atoms with Gasteiger partial charge >= 0.3 is 0 Å². The number of aromatic nitrogens is 1. The molecule has 3 aromatic carbocycles. The Balaban J connectivity index is 1.63. The second-order valence-corrected chi connectivity index (χ2v) is 8.92. The zero-order valence-electron chi connectivity index (χ0n) is 14.5. The number of aromatic amines is 1. The number of rotatable bonds is 5. The summed E-state index contributed by atoms with van der Waals surface area (Å²) < 4.78 is 27.8. The number of benzene rings is 3. The van der Waals surface area contributed by atoms with Gasteiger partial charge in [-0.3, -0.25) is 4.72 Å². The van der Waals surface area contributed by atoms with E-state index < -0.39 is 10.0 Å². The molecule has 0 aliphatic heterocycles. The van der Waals surface area contributed by atoms with Crippen molar-refractivity contribution >= 4 is 49.8 Å². The summed E-state index contributed by atoms with van der Waals surface area (Å²) in [5, 5.41) is 1.76. The Morgan fingerprint density at radius 2 is 1.79 bits per heavy atom. The summed E-state index contributed by atoms with van der Waals surface area (Å²) in [6, 6.07) is 23.0. The fourth-order valence-corrected chi connectivity index (χ4v) is 4.58. The molecule has 141 valence electrons. The average Bonchev–Trinajstić information content (AvgIpc) is 3.07. The summed E-state index contributed by atoms with van der Waals surface area (Å²) in [4.78, 5) is 3.28. The lowest BCUT2D eigenvalue weighted by Crippen LogP contribution is -2.15. The van der Waals surface area contributed by atoms with Gasteiger partial charge in [-0.2, -0.15) is 0 Å². The molecule has 0 spiro atoms. The number of hydrogen-bond donors (Lipinski definition) is 2. The van der Waals surface area contributed by atoms with Crippen LogP contribution in [-0.2, 0) is 15.8 Å². The predicted octanol–water partition coefficient (Wildman–Crippen LogP) is 5.88. The molecule has 4 nitrogen and oxygen atoms in total. The molecule has 0 saturated heterocycles. The van der Waals surface area contributed by atoms with Crippen molar-refractivity contribution in [2.45, 2.75) is 5.75 Å². The molecule has 7 heteroatoms. The van der Waals surface area contributed by atoms with Gasteiger partial charge < -0.3 is 4.98 Å². The van der Waals surface area contributed by atoms with Gasteiger partial charge in [-0.05, 0) is 35.9 Å². The van der Waals surface area contributed by atoms with Gasteiger partial charge in [0.1, 0.15) is 0 Å². The first kappa shape index (κ1) is 18.9. The number of fused-ring (bicyclic) bond motifs is 1. The molecular weight excluding hydrogens is 415 g/mol. The number of anilines is 1. The first-order valence-electron chi connectivity index (χ1n) is 8.44. The third kappa shape index (κ3) is 4.17. The molecule has 0 aliphatic carbocycles. The van der Waals surface area contributed by atoms with Crippen molar-refractivity contribution in [2.24, 2.45) is 0 Å². The van der Waals surface area contributed by atoms with Crippen molar-refractivity contribution in [1.29, 1.82) is 0 Å². The summed E-state index contributed by atoms with van der Waals surface area (Å²) in [6.45, 7) is 0. The highest BCUT2D eigenvalue weighted by molar-refractivity contribution is 7.91. The van der Waals surface area contributed by atoms with Gasteiger partial charge in [0.25, 0.3) is 0 Å². The first-order chi connectivity index (χ1) is 13.4. The van der Waals surface area contributed by atoms with E-state index in [0.29, 0.717) is 21.3 Å². The Hall–Kier alpha value is -2.47. The van der Waals surface area contributed by atoms with Crippen LogP contribution in [0.25, 0.3) is 22.2 Å². The molecule has 0 bridgehead atoms. The second kappa shape index (κ2) is 7.51. The largest absolute Gasteiger partial charge is 0.354 e. The van der Waals surface area contributed by atoms with E-state index in [4.69, 9.17) is 23.2 Å². The van der Waals surface area contributed by atoms with Gasteiger partial charge in [0.05, 0.1) is 22.2 Å². The van der Waals surface area contributed by atoms with Crippen LogP contribution in [0.2, 0.25) is 10.0 Å². The van der Waals surface area contributed by atoms with Crippen molar-refractivity contribution in [1.82, 2.24) is 4.98 Å². The molecule has 0 saturated carbocycles. The molecule has 1 aromatic heterocycles. The molecule has 2 N–H and O–H groups in total. The zero-order chi connectivity index (χ0) is 19.7. The van der Waals surface area contributed by atoms with Crippen LogP contribution in [0.5, 0.6) is 0 Å². The minimum Gasteiger partial charge on any atom is -0.354 e. The number of H-pyrrole nitrogens is 1. The van der Waals surface area contributed by atoms with E-state index >= 15 is 0 Å². The topological polar surface area (TPSA) is 62.0 Å². The van der Waals surface area contributed by atoms with E-state index in [-0.39, 0.29) is 5.75 Å². The number of sulfonamides is 1. The van der Waals surface area contributed by atoms with E-state index in [2.05, 4.69) is 15.8 Å². The van der Waals surface area contributed by atoms with E-state index in [9.17, 15) is 8.42 Å². The zero-order valence-corrected chi connectivity index (χ0v) is 16.9. The maximum absolute atomic E-state index is 12.6. The Bertz CT molecular complexity index is 1230. The Morgan fingerprint density at radius 1 is 0.964 bits per heavy atom. The van der Waals surface area contributed by atoms with Gasteiger partial charge in [0, 0.05) is 27.6 Å². The molecule has 1 heterocycles. The minimum absolute atomic E-state index is 0.202. The van der Waals surface area contributed by atoms with Crippen molar-refractivity contribution in [3.05, 3.63) is 88.4 Å². The van der Waals surface area contributed by atoms with Gasteiger partial charge in [0.2, 0.25) is 10.0 Å². The van der Waals surface area contributed by atoms with Gasteiger partial charge in [-0.1, -0.05) is 59.6 Å². The highest BCUT2D eigenvalue weighted by atomic mass is 35.5. The third-order valence-electron chi connectivity index (χ3n) is 4.21. The van der Waals surface area contributed by atoms with Gasteiger partial charge in [-0.25, -0.2) is 8.42 Å². The molecule has 0 fully saturated rings. The van der Waals surface area contributed by atoms with E-state index in [1.165, 1.54) is 0 Å². The number of hydrogen-bond acceptors (Lipinski definition) is 2. The third-order valence-corrected chi connectivity index (χ3v) is 6.02. The van der Waals surface area contributed by atoms with Crippen molar-refractivity contribution in [3.63, 3.8) is 0 Å². The lowest BCUT2D eigenvalue weighted by molar-refractivity contribution is 0.600. The average molecular weight is 430 g/mol. The van der Waals surface area contributed by atoms with Crippen LogP contribution < -0.4 is 4.72 Å². The van der Waals surface area contributed by atoms with Gasteiger partial charge in [0.15, 0.2) is 0 Å². The monoisotopic (exact) mass is 429 g/mol. The molecule has 0 atom stereocenters. The molecule has 28 heavy (non-hydrogen) atoms. The number of halogens is 2. The van der Waals surface area contributed by atoms with Crippen LogP contribution >= 0.6 is 23.2 Å². The summed E-state index contributed by atoms with van der Waals surface area (Å²) in [5.74, 6) is -0.202. The SMILES string of the molecule is O=S(=O)(Cc1cccc(Cl)c1)Nc1cc(-c2[c]c3ccccc3[nH]2)ccc1Cl. The highest BCUT2D eigenvalue weighted by Gasteiger charge is 2.15. The van der Waals surface area contributed by atoms with E-state index in [1.54, 1.807) is 36.4 Å². The predicted molar refractivity (Wildman–Crippen MR) is 115 cm³/mol. The summed E-state index contributed by atoms with van der Waals surface area (Å²) in [7, 11) is -3.66. The van der Waals surface area contributed by atoms with Crippen molar-refractivity contribution in [3.8, 4) is 11.3 Å². The molecule has 4 rings (SSSR count). The molecule has 4 aromatic rings. The van der Waals surface area contributed by atoms with Crippen LogP contribution in [0, 0.1) is 6.07 Å². The lowest BCUT2D eigenvalue weighted by atomic mass is 10.1. The van der Waals surface area contributed by atoms with Crippen molar-refractivity contribution < 1.29 is 8.42 Å². The van der Waals surface area contributed by atoms with E-state index in [0.717, 1.165) is 22.2 Å². The fourth-order valence-electron chi connectivity index (χ4n) is 2.95. The van der Waals surface area contributed by atoms with Gasteiger partial charge in [-0.15, -0.1) is 0 Å². The smallest absolute Gasteiger partial charge is 0.236 e. The normalized spacial score (nSPS) is 11.6. The molecule has 0 unspecified atom stereocenters. The quantitative estimate of drug-likeness (QED) is 0.415. The summed E-state index contributed by atoms with van der Waals surface area (Å²) in [6.07, 6.45) is 0. The fraction of sp³-hybridized carbons (Fsp3) is 0.0476. The molecule has 1 radical (unpaired) electrons. The van der Waals surface area contributed by atoms with Crippen LogP contribution in [0.1, 0.15) is 5.56 Å². The Kier molecular flexibility index (Phi) is 5.06. The van der Waals surface area contributed by atoms with E-state index in [1.807, 2.05) is 30.3 Å². The van der Waals surface area contributed by atoms with Crippen LogP contribution in [0.15, 0.2) is 66.7 Å². The molecule has 0 amide bonds.